The first-order chi connectivity index (χ1) is 12.6. The number of nitrogens with zero attached hydrogens (tertiary/aromatic N) is 2. The molecule has 26 heavy (non-hydrogen) atoms. The molecule has 0 atom stereocenters. The number of nitrogens with one attached hydrogen (secondary N) is 1. The van der Waals surface area contributed by atoms with E-state index in [-0.39, 0.29) is 18.3 Å². The molecule has 2 amide bonds. The summed E-state index contributed by atoms with van der Waals surface area (Å²) < 4.78 is 0. The van der Waals surface area contributed by atoms with Crippen LogP contribution in [0.15, 0.2) is 36.5 Å². The van der Waals surface area contributed by atoms with E-state index in [4.69, 9.17) is 5.73 Å². The number of rotatable bonds is 10. The van der Waals surface area contributed by atoms with Crippen molar-refractivity contribution in [2.24, 2.45) is 5.73 Å². The molecule has 2 rings (SSSR count). The third-order valence-corrected chi connectivity index (χ3v) is 4.23. The molecule has 0 saturated heterocycles. The zero-order valence-electron chi connectivity index (χ0n) is 14.6. The zero-order chi connectivity index (χ0) is 18.8. The number of unbranched alkanes of at least 4 members (excludes halogenated alkanes) is 3. The topological polar surface area (TPSA) is 98.0 Å². The van der Waals surface area contributed by atoms with Crippen LogP contribution in [-0.2, 0) is 17.6 Å². The second-order valence-electron chi connectivity index (χ2n) is 6.02. The zero-order valence-corrected chi connectivity index (χ0v) is 15.5. The van der Waals surface area contributed by atoms with E-state index in [9.17, 15) is 9.59 Å². The Labute approximate surface area is 159 Å². The molecule has 2 aromatic rings. The van der Waals surface area contributed by atoms with Crippen LogP contribution in [0.4, 0.5) is 5.95 Å². The minimum Gasteiger partial charge on any atom is -0.365 e. The number of thiol groups is 1. The lowest BCUT2D eigenvalue weighted by molar-refractivity contribution is -0.115. The second kappa shape index (κ2) is 10.6. The lowest BCUT2D eigenvalue weighted by Crippen LogP contribution is -2.20. The summed E-state index contributed by atoms with van der Waals surface area (Å²) in [6, 6.07) is 9.43. The molecule has 6 nitrogen and oxygen atoms in total. The Balaban J connectivity index is 2.00. The summed E-state index contributed by atoms with van der Waals surface area (Å²) >= 11 is 4.19. The van der Waals surface area contributed by atoms with Gasteiger partial charge in [-0.1, -0.05) is 43.2 Å². The molecular weight excluding hydrogens is 348 g/mol. The minimum absolute atomic E-state index is 0.196. The molecule has 0 aliphatic heterocycles. The summed E-state index contributed by atoms with van der Waals surface area (Å²) in [5.41, 5.74) is 7.19. The van der Waals surface area contributed by atoms with Gasteiger partial charge in [-0.3, -0.25) is 14.9 Å². The molecule has 1 heterocycles. The summed E-state index contributed by atoms with van der Waals surface area (Å²) in [6.07, 6.45) is 6.31. The van der Waals surface area contributed by atoms with Crippen LogP contribution < -0.4 is 11.1 Å². The average Bonchev–Trinajstić information content (AvgIpc) is 2.62. The van der Waals surface area contributed by atoms with E-state index in [1.54, 1.807) is 0 Å². The Morgan fingerprint density at radius 1 is 1.08 bits per heavy atom. The Morgan fingerprint density at radius 2 is 1.81 bits per heavy atom. The molecule has 3 N–H and O–H groups in total. The van der Waals surface area contributed by atoms with Crippen molar-refractivity contribution in [3.05, 3.63) is 53.3 Å². The smallest absolute Gasteiger partial charge is 0.252 e. The van der Waals surface area contributed by atoms with Crippen LogP contribution in [0.3, 0.4) is 0 Å². The van der Waals surface area contributed by atoms with Gasteiger partial charge in [-0.05, 0) is 30.6 Å². The molecule has 0 unspecified atom stereocenters. The van der Waals surface area contributed by atoms with Gasteiger partial charge < -0.3 is 5.73 Å². The number of nitrogens with two attached hydrogens (primary N) is 1. The maximum Gasteiger partial charge on any atom is 0.252 e. The van der Waals surface area contributed by atoms with Gasteiger partial charge >= 0.3 is 0 Å². The number of hydrogen-bond acceptors (Lipinski definition) is 5. The van der Waals surface area contributed by atoms with Crippen molar-refractivity contribution in [3.63, 3.8) is 0 Å². The van der Waals surface area contributed by atoms with Crippen LogP contribution >= 0.6 is 12.6 Å². The predicted molar refractivity (Wildman–Crippen MR) is 105 cm³/mol. The van der Waals surface area contributed by atoms with Gasteiger partial charge in [0.15, 0.2) is 0 Å². The van der Waals surface area contributed by atoms with Crippen molar-refractivity contribution < 1.29 is 9.59 Å². The molecule has 0 saturated carbocycles. The number of aryl methyl sites for hydroxylation is 1. The highest BCUT2D eigenvalue weighted by molar-refractivity contribution is 7.80. The summed E-state index contributed by atoms with van der Waals surface area (Å²) in [5.74, 6) is 0.305. The fourth-order valence-corrected chi connectivity index (χ4v) is 2.81. The molecule has 0 aliphatic rings. The molecule has 0 aliphatic carbocycles. The fraction of sp³-hybridized carbons (Fsp3) is 0.368. The van der Waals surface area contributed by atoms with E-state index < -0.39 is 5.91 Å². The molecule has 0 bridgehead atoms. The Bertz CT molecular complexity index is 738. The number of hydrogen-bond donors (Lipinski definition) is 3. The van der Waals surface area contributed by atoms with E-state index in [0.717, 1.165) is 37.0 Å². The maximum atomic E-state index is 12.2. The normalized spacial score (nSPS) is 10.5. The molecule has 0 spiro atoms. The Morgan fingerprint density at radius 3 is 2.50 bits per heavy atom. The van der Waals surface area contributed by atoms with Gasteiger partial charge in [0.1, 0.15) is 0 Å². The third-order valence-electron chi connectivity index (χ3n) is 3.91. The van der Waals surface area contributed by atoms with Gasteiger partial charge in [0.05, 0.1) is 17.7 Å². The molecule has 0 radical (unpaired) electrons. The highest BCUT2D eigenvalue weighted by Gasteiger charge is 2.13. The molecule has 7 heteroatoms. The second-order valence-corrected chi connectivity index (χ2v) is 6.46. The standard InChI is InChI=1S/C19H24N4O2S/c20-18(25)15-13-21-19(22-16(15)10-6-1-2-7-11-26)23-17(24)12-14-8-4-3-5-9-14/h3-5,8-9,13,26H,1-2,6-7,10-12H2,(H2,20,25)(H,21,22,23,24). The van der Waals surface area contributed by atoms with Gasteiger partial charge in [0.25, 0.3) is 5.91 Å². The van der Waals surface area contributed by atoms with Gasteiger partial charge in [-0.15, -0.1) is 0 Å². The third kappa shape index (κ3) is 6.48. The number of benzene rings is 1. The van der Waals surface area contributed by atoms with Crippen LogP contribution in [0.5, 0.6) is 0 Å². The quantitative estimate of drug-likeness (QED) is 0.441. The van der Waals surface area contributed by atoms with Crippen molar-refractivity contribution in [1.29, 1.82) is 0 Å². The first-order valence-electron chi connectivity index (χ1n) is 8.70. The van der Waals surface area contributed by atoms with Crippen molar-refractivity contribution in [3.8, 4) is 0 Å². The monoisotopic (exact) mass is 372 g/mol. The molecular formula is C19H24N4O2S. The van der Waals surface area contributed by atoms with E-state index in [1.807, 2.05) is 30.3 Å². The maximum absolute atomic E-state index is 12.2. The summed E-state index contributed by atoms with van der Waals surface area (Å²) in [7, 11) is 0. The van der Waals surface area contributed by atoms with Crippen molar-refractivity contribution in [2.75, 3.05) is 11.1 Å². The fourth-order valence-electron chi connectivity index (χ4n) is 2.58. The first kappa shape index (κ1) is 19.9. The van der Waals surface area contributed by atoms with Gasteiger partial charge in [-0.2, -0.15) is 12.6 Å². The van der Waals surface area contributed by atoms with Crippen LogP contribution in [0.2, 0.25) is 0 Å². The Kier molecular flexibility index (Phi) is 8.08. The van der Waals surface area contributed by atoms with E-state index in [0.29, 0.717) is 17.7 Å². The number of anilines is 1. The van der Waals surface area contributed by atoms with Crippen LogP contribution in [-0.4, -0.2) is 27.5 Å². The van der Waals surface area contributed by atoms with Crippen LogP contribution in [0, 0.1) is 0 Å². The van der Waals surface area contributed by atoms with Crippen LogP contribution in [0.1, 0.15) is 47.3 Å². The SMILES string of the molecule is NC(=O)c1cnc(NC(=O)Cc2ccccc2)nc1CCCCCCS. The molecule has 1 aromatic carbocycles. The van der Waals surface area contributed by atoms with Crippen molar-refractivity contribution in [2.45, 2.75) is 38.5 Å². The van der Waals surface area contributed by atoms with Crippen molar-refractivity contribution >= 4 is 30.4 Å². The number of aromatic nitrogens is 2. The van der Waals surface area contributed by atoms with Gasteiger partial charge in [0.2, 0.25) is 11.9 Å². The van der Waals surface area contributed by atoms with E-state index in [2.05, 4.69) is 27.9 Å². The highest BCUT2D eigenvalue weighted by atomic mass is 32.1. The number of primary amides is 1. The number of amides is 2. The number of carbonyl (C=O) groups is 2. The summed E-state index contributed by atoms with van der Waals surface area (Å²) in [4.78, 5) is 32.1. The first-order valence-corrected chi connectivity index (χ1v) is 9.33. The van der Waals surface area contributed by atoms with E-state index in [1.165, 1.54) is 6.20 Å². The lowest BCUT2D eigenvalue weighted by Gasteiger charge is -2.09. The predicted octanol–water partition coefficient (Wildman–Crippen LogP) is 2.79. The summed E-state index contributed by atoms with van der Waals surface area (Å²) in [5, 5.41) is 2.68. The Hall–Kier alpha value is -2.41. The lowest BCUT2D eigenvalue weighted by atomic mass is 10.1. The van der Waals surface area contributed by atoms with Gasteiger partial charge in [0, 0.05) is 6.20 Å². The van der Waals surface area contributed by atoms with Gasteiger partial charge in [-0.25, -0.2) is 9.97 Å². The van der Waals surface area contributed by atoms with E-state index >= 15 is 0 Å². The molecule has 0 fully saturated rings. The molecule has 1 aromatic heterocycles. The highest BCUT2D eigenvalue weighted by Crippen LogP contribution is 2.13. The average molecular weight is 372 g/mol. The van der Waals surface area contributed by atoms with Crippen molar-refractivity contribution in [1.82, 2.24) is 9.97 Å². The largest absolute Gasteiger partial charge is 0.365 e. The minimum atomic E-state index is -0.558. The molecule has 138 valence electrons. The number of carbonyl (C=O) groups excluding carboxylic acids is 2. The summed E-state index contributed by atoms with van der Waals surface area (Å²) in [6.45, 7) is 0. The van der Waals surface area contributed by atoms with Crippen LogP contribution in [0.25, 0.3) is 0 Å².